The second-order valence-corrected chi connectivity index (χ2v) is 7.38. The summed E-state index contributed by atoms with van der Waals surface area (Å²) in [5, 5.41) is 8.97. The van der Waals surface area contributed by atoms with Crippen molar-refractivity contribution in [2.45, 2.75) is 71.1 Å². The quantitative estimate of drug-likeness (QED) is 0.678. The van der Waals surface area contributed by atoms with Gasteiger partial charge in [0.05, 0.1) is 6.26 Å². The highest BCUT2D eigenvalue weighted by atomic mass is 16.2. The van der Waals surface area contributed by atoms with E-state index >= 15 is 0 Å². The Labute approximate surface area is 112 Å². The fourth-order valence-electron chi connectivity index (χ4n) is 5.03. The van der Waals surface area contributed by atoms with Gasteiger partial charge in [-0.3, -0.25) is 0 Å². The Morgan fingerprint density at radius 2 is 1.78 bits per heavy atom. The lowest BCUT2D eigenvalue weighted by Gasteiger charge is -2.58. The van der Waals surface area contributed by atoms with Gasteiger partial charge in [-0.05, 0) is 67.3 Å². The van der Waals surface area contributed by atoms with Gasteiger partial charge in [0.2, 0.25) is 0 Å². The third-order valence-corrected chi connectivity index (χ3v) is 6.03. The third kappa shape index (κ3) is 2.21. The topological polar surface area (TPSA) is 20.2 Å². The van der Waals surface area contributed by atoms with Gasteiger partial charge < -0.3 is 5.11 Å². The van der Waals surface area contributed by atoms with Crippen molar-refractivity contribution in [2.75, 3.05) is 0 Å². The van der Waals surface area contributed by atoms with Crippen LogP contribution in [0.3, 0.4) is 0 Å². The Bertz CT molecular complexity index is 307. The molecule has 0 aromatic heterocycles. The van der Waals surface area contributed by atoms with E-state index in [9.17, 15) is 0 Å². The van der Waals surface area contributed by atoms with Crippen molar-refractivity contribution in [1.29, 1.82) is 0 Å². The largest absolute Gasteiger partial charge is 0.516 e. The standard InChI is InChI=1S/C17H28O/c1-2-3-13-4-6-15(7-5-13)16-10-17(11-16)8-14(9-17)12-18/h12-13,15-16,18H,2-11H2,1H3. The number of hydrogen-bond acceptors (Lipinski definition) is 1. The highest BCUT2D eigenvalue weighted by Gasteiger charge is 2.52. The lowest BCUT2D eigenvalue weighted by atomic mass is 9.47. The molecule has 3 rings (SSSR count). The zero-order chi connectivity index (χ0) is 12.6. The first-order chi connectivity index (χ1) is 8.74. The summed E-state index contributed by atoms with van der Waals surface area (Å²) < 4.78 is 0. The maximum atomic E-state index is 8.97. The van der Waals surface area contributed by atoms with Gasteiger partial charge in [0.1, 0.15) is 0 Å². The molecule has 0 saturated heterocycles. The van der Waals surface area contributed by atoms with Crippen LogP contribution >= 0.6 is 0 Å². The van der Waals surface area contributed by atoms with Crippen molar-refractivity contribution in [3.8, 4) is 0 Å². The van der Waals surface area contributed by atoms with Crippen LogP contribution in [0.1, 0.15) is 71.1 Å². The van der Waals surface area contributed by atoms with Gasteiger partial charge in [0.15, 0.2) is 0 Å². The van der Waals surface area contributed by atoms with Crippen LogP contribution in [-0.2, 0) is 0 Å². The SMILES string of the molecule is CCCC1CCC(C2CC3(CC(=CO)C3)C2)CC1. The Hall–Kier alpha value is -0.460. The minimum Gasteiger partial charge on any atom is -0.516 e. The fraction of sp³-hybridized carbons (Fsp3) is 0.882. The number of hydrogen-bond donors (Lipinski definition) is 1. The molecule has 0 heterocycles. The predicted octanol–water partition coefficient (Wildman–Crippen LogP) is 5.23. The molecular formula is C17H28O. The predicted molar refractivity (Wildman–Crippen MR) is 75.5 cm³/mol. The van der Waals surface area contributed by atoms with Crippen molar-refractivity contribution >= 4 is 0 Å². The number of allylic oxidation sites excluding steroid dienone is 1. The number of rotatable bonds is 3. The highest BCUT2D eigenvalue weighted by molar-refractivity contribution is 5.21. The average Bonchev–Trinajstić information content (AvgIpc) is 2.28. The zero-order valence-electron chi connectivity index (χ0n) is 11.8. The molecule has 3 aliphatic carbocycles. The molecule has 3 fully saturated rings. The maximum absolute atomic E-state index is 8.97. The van der Waals surface area contributed by atoms with E-state index in [-0.39, 0.29) is 0 Å². The summed E-state index contributed by atoms with van der Waals surface area (Å²) in [5.74, 6) is 3.13. The van der Waals surface area contributed by atoms with Crippen molar-refractivity contribution in [2.24, 2.45) is 23.2 Å². The summed E-state index contributed by atoms with van der Waals surface area (Å²) in [6.45, 7) is 2.32. The van der Waals surface area contributed by atoms with Gasteiger partial charge in [-0.25, -0.2) is 0 Å². The van der Waals surface area contributed by atoms with Gasteiger partial charge in [-0.2, -0.15) is 0 Å². The molecule has 1 heteroatoms. The summed E-state index contributed by atoms with van der Waals surface area (Å²) in [7, 11) is 0. The van der Waals surface area contributed by atoms with E-state index in [2.05, 4.69) is 6.92 Å². The maximum Gasteiger partial charge on any atom is 0.0784 e. The van der Waals surface area contributed by atoms with Gasteiger partial charge >= 0.3 is 0 Å². The zero-order valence-corrected chi connectivity index (χ0v) is 11.8. The molecule has 3 aliphatic rings. The molecular weight excluding hydrogens is 220 g/mol. The first-order valence-electron chi connectivity index (χ1n) is 8.07. The lowest BCUT2D eigenvalue weighted by Crippen LogP contribution is -2.47. The van der Waals surface area contributed by atoms with E-state index in [4.69, 9.17) is 5.11 Å². The van der Waals surface area contributed by atoms with E-state index in [1.165, 1.54) is 76.0 Å². The van der Waals surface area contributed by atoms with Crippen LogP contribution in [0.15, 0.2) is 11.8 Å². The van der Waals surface area contributed by atoms with Crippen LogP contribution in [0.5, 0.6) is 0 Å². The van der Waals surface area contributed by atoms with Crippen molar-refractivity contribution in [3.05, 3.63) is 11.8 Å². The average molecular weight is 248 g/mol. The van der Waals surface area contributed by atoms with Gasteiger partial charge in [0.25, 0.3) is 0 Å². The van der Waals surface area contributed by atoms with Crippen molar-refractivity contribution < 1.29 is 5.11 Å². The van der Waals surface area contributed by atoms with E-state index < -0.39 is 0 Å². The number of aliphatic hydroxyl groups is 1. The number of aliphatic hydroxyl groups excluding tert-OH is 1. The Kier molecular flexibility index (Phi) is 3.42. The van der Waals surface area contributed by atoms with Crippen LogP contribution in [0.4, 0.5) is 0 Å². The minimum absolute atomic E-state index is 0.652. The van der Waals surface area contributed by atoms with Crippen molar-refractivity contribution in [3.63, 3.8) is 0 Å². The van der Waals surface area contributed by atoms with Crippen LogP contribution in [-0.4, -0.2) is 5.11 Å². The molecule has 0 aromatic carbocycles. The summed E-state index contributed by atoms with van der Waals surface area (Å²) >= 11 is 0. The van der Waals surface area contributed by atoms with E-state index in [1.54, 1.807) is 0 Å². The molecule has 1 N–H and O–H groups in total. The second kappa shape index (κ2) is 4.90. The molecule has 0 radical (unpaired) electrons. The van der Waals surface area contributed by atoms with E-state index in [0.717, 1.165) is 17.8 Å². The highest BCUT2D eigenvalue weighted by Crippen LogP contribution is 2.63. The summed E-state index contributed by atoms with van der Waals surface area (Å²) in [6, 6.07) is 0. The molecule has 1 spiro atoms. The van der Waals surface area contributed by atoms with Gasteiger partial charge in [-0.15, -0.1) is 0 Å². The molecule has 0 aliphatic heterocycles. The van der Waals surface area contributed by atoms with E-state index in [0.29, 0.717) is 5.41 Å². The van der Waals surface area contributed by atoms with Gasteiger partial charge in [-0.1, -0.05) is 32.6 Å². The summed E-state index contributed by atoms with van der Waals surface area (Å²) in [4.78, 5) is 0. The van der Waals surface area contributed by atoms with Crippen LogP contribution in [0, 0.1) is 23.2 Å². The van der Waals surface area contributed by atoms with Crippen LogP contribution < -0.4 is 0 Å². The smallest absolute Gasteiger partial charge is 0.0784 e. The molecule has 102 valence electrons. The fourth-order valence-corrected chi connectivity index (χ4v) is 5.03. The first kappa shape index (κ1) is 12.6. The van der Waals surface area contributed by atoms with Crippen molar-refractivity contribution in [1.82, 2.24) is 0 Å². The van der Waals surface area contributed by atoms with Crippen LogP contribution in [0.25, 0.3) is 0 Å². The molecule has 0 atom stereocenters. The molecule has 0 unspecified atom stereocenters. The minimum atomic E-state index is 0.652. The Balaban J connectivity index is 1.41. The molecule has 18 heavy (non-hydrogen) atoms. The molecule has 0 amide bonds. The monoisotopic (exact) mass is 248 g/mol. The molecule has 1 nitrogen and oxygen atoms in total. The molecule has 0 aromatic rings. The summed E-state index contributed by atoms with van der Waals surface area (Å²) in [5.41, 5.74) is 1.94. The molecule has 3 saturated carbocycles. The summed E-state index contributed by atoms with van der Waals surface area (Å²) in [6.07, 6.45) is 15.5. The van der Waals surface area contributed by atoms with E-state index in [1.807, 2.05) is 0 Å². The first-order valence-corrected chi connectivity index (χ1v) is 8.07. The Morgan fingerprint density at radius 3 is 2.33 bits per heavy atom. The van der Waals surface area contributed by atoms with Gasteiger partial charge in [0, 0.05) is 0 Å². The lowest BCUT2D eigenvalue weighted by molar-refractivity contribution is -0.0315. The third-order valence-electron chi connectivity index (χ3n) is 6.03. The van der Waals surface area contributed by atoms with Crippen LogP contribution in [0.2, 0.25) is 0 Å². The second-order valence-electron chi connectivity index (χ2n) is 7.38. The normalized spacial score (nSPS) is 43.4. The Morgan fingerprint density at radius 1 is 1.11 bits per heavy atom. The molecule has 0 bridgehead atoms.